The van der Waals surface area contributed by atoms with Crippen molar-refractivity contribution in [2.24, 2.45) is 0 Å². The lowest BCUT2D eigenvalue weighted by atomic mass is 9.99. The Morgan fingerprint density at radius 2 is 2.19 bits per heavy atom. The standard InChI is InChI=1S/C19H25N3O5/c1-13-3-4-15-14(11-13)18(25)21-19(27-15)6-5-17(24)22(9-7-19)12-16(23)20-8-10-26-2/h3-4,11H,5-10,12H2,1-2H3,(H,20,23)(H,21,25)/t19-/m0/s1. The molecule has 1 aromatic carbocycles. The molecule has 1 atom stereocenters. The van der Waals surface area contributed by atoms with Crippen LogP contribution < -0.4 is 15.4 Å². The fraction of sp³-hybridized carbons (Fsp3) is 0.526. The second kappa shape index (κ2) is 7.96. The van der Waals surface area contributed by atoms with Crippen LogP contribution in [0.2, 0.25) is 0 Å². The molecule has 8 nitrogen and oxygen atoms in total. The maximum atomic E-state index is 12.5. The van der Waals surface area contributed by atoms with Gasteiger partial charge in [0.15, 0.2) is 5.72 Å². The number of carbonyl (C=O) groups is 3. The topological polar surface area (TPSA) is 97.0 Å². The van der Waals surface area contributed by atoms with Crippen LogP contribution in [0.3, 0.4) is 0 Å². The fourth-order valence-corrected chi connectivity index (χ4v) is 3.37. The lowest BCUT2D eigenvalue weighted by Gasteiger charge is -2.38. The minimum absolute atomic E-state index is 0.0116. The van der Waals surface area contributed by atoms with Crippen molar-refractivity contribution in [3.63, 3.8) is 0 Å². The van der Waals surface area contributed by atoms with E-state index in [0.29, 0.717) is 43.9 Å². The van der Waals surface area contributed by atoms with Crippen molar-refractivity contribution in [1.82, 2.24) is 15.5 Å². The Balaban J connectivity index is 1.67. The van der Waals surface area contributed by atoms with Crippen LogP contribution in [0.5, 0.6) is 5.75 Å². The third-order valence-corrected chi connectivity index (χ3v) is 4.87. The minimum Gasteiger partial charge on any atom is -0.467 e. The Kier molecular flexibility index (Phi) is 5.65. The fourth-order valence-electron chi connectivity index (χ4n) is 3.37. The first-order valence-corrected chi connectivity index (χ1v) is 9.08. The Morgan fingerprint density at radius 3 is 2.96 bits per heavy atom. The zero-order chi connectivity index (χ0) is 19.4. The highest BCUT2D eigenvalue weighted by atomic mass is 16.5. The first-order chi connectivity index (χ1) is 12.9. The monoisotopic (exact) mass is 375 g/mol. The number of likely N-dealkylation sites (tertiary alicyclic amines) is 1. The number of ether oxygens (including phenoxy) is 2. The summed E-state index contributed by atoms with van der Waals surface area (Å²) in [6.45, 7) is 3.05. The Bertz CT molecular complexity index is 751. The lowest BCUT2D eigenvalue weighted by Crippen LogP contribution is -2.56. The minimum atomic E-state index is -0.920. The third kappa shape index (κ3) is 4.39. The number of nitrogens with zero attached hydrogens (tertiary/aromatic N) is 1. The summed E-state index contributed by atoms with van der Waals surface area (Å²) in [6.07, 6.45) is 0.989. The summed E-state index contributed by atoms with van der Waals surface area (Å²) < 4.78 is 11.0. The first kappa shape index (κ1) is 19.2. The number of hydrogen-bond donors (Lipinski definition) is 2. The highest BCUT2D eigenvalue weighted by Crippen LogP contribution is 2.34. The van der Waals surface area contributed by atoms with Crippen LogP contribution in [0.25, 0.3) is 0 Å². The van der Waals surface area contributed by atoms with Gasteiger partial charge in [-0.2, -0.15) is 0 Å². The summed E-state index contributed by atoms with van der Waals surface area (Å²) in [5.74, 6) is -0.0206. The number of hydrogen-bond acceptors (Lipinski definition) is 5. The van der Waals surface area contributed by atoms with E-state index in [2.05, 4.69) is 10.6 Å². The van der Waals surface area contributed by atoms with Crippen molar-refractivity contribution in [2.45, 2.75) is 31.9 Å². The van der Waals surface area contributed by atoms with Gasteiger partial charge in [0.05, 0.1) is 18.7 Å². The van der Waals surface area contributed by atoms with E-state index in [9.17, 15) is 14.4 Å². The molecule has 1 aromatic rings. The summed E-state index contributed by atoms with van der Waals surface area (Å²) in [5.41, 5.74) is 0.562. The van der Waals surface area contributed by atoms with E-state index >= 15 is 0 Å². The molecule has 1 saturated heterocycles. The van der Waals surface area contributed by atoms with Crippen LogP contribution in [0.4, 0.5) is 0 Å². The molecule has 0 radical (unpaired) electrons. The van der Waals surface area contributed by atoms with Crippen molar-refractivity contribution < 1.29 is 23.9 Å². The van der Waals surface area contributed by atoms with Crippen LogP contribution in [0, 0.1) is 6.92 Å². The van der Waals surface area contributed by atoms with E-state index < -0.39 is 5.72 Å². The molecule has 2 aliphatic rings. The second-order valence-corrected chi connectivity index (χ2v) is 6.96. The maximum absolute atomic E-state index is 12.5. The quantitative estimate of drug-likeness (QED) is 0.734. The van der Waals surface area contributed by atoms with Gasteiger partial charge in [-0.1, -0.05) is 11.6 Å². The van der Waals surface area contributed by atoms with Crippen molar-refractivity contribution in [2.75, 3.05) is 33.4 Å². The van der Waals surface area contributed by atoms with Crippen LogP contribution >= 0.6 is 0 Å². The number of fused-ring (bicyclic) bond motifs is 1. The molecule has 1 fully saturated rings. The summed E-state index contributed by atoms with van der Waals surface area (Å²) >= 11 is 0. The van der Waals surface area contributed by atoms with Crippen LogP contribution in [-0.2, 0) is 14.3 Å². The van der Waals surface area contributed by atoms with E-state index in [1.807, 2.05) is 13.0 Å². The molecule has 0 saturated carbocycles. The molecule has 0 aromatic heterocycles. The van der Waals surface area contributed by atoms with E-state index in [4.69, 9.17) is 9.47 Å². The predicted molar refractivity (Wildman–Crippen MR) is 97.3 cm³/mol. The van der Waals surface area contributed by atoms with Gasteiger partial charge in [-0.3, -0.25) is 14.4 Å². The normalized spacial score (nSPS) is 21.9. The van der Waals surface area contributed by atoms with Crippen LogP contribution in [0.15, 0.2) is 18.2 Å². The van der Waals surface area contributed by atoms with Gasteiger partial charge < -0.3 is 25.0 Å². The first-order valence-electron chi connectivity index (χ1n) is 9.08. The average Bonchev–Trinajstić information content (AvgIpc) is 2.77. The molecule has 27 heavy (non-hydrogen) atoms. The molecule has 3 amide bonds. The molecule has 2 N–H and O–H groups in total. The van der Waals surface area contributed by atoms with Gasteiger partial charge in [0, 0.05) is 39.5 Å². The summed E-state index contributed by atoms with van der Waals surface area (Å²) in [5, 5.41) is 5.64. The zero-order valence-electron chi connectivity index (χ0n) is 15.7. The molecule has 1 spiro atoms. The zero-order valence-corrected chi connectivity index (χ0v) is 15.7. The Hall–Kier alpha value is -2.61. The van der Waals surface area contributed by atoms with Gasteiger partial charge in [-0.15, -0.1) is 0 Å². The van der Waals surface area contributed by atoms with Crippen molar-refractivity contribution >= 4 is 17.7 Å². The second-order valence-electron chi connectivity index (χ2n) is 6.96. The number of methoxy groups -OCH3 is 1. The molecule has 146 valence electrons. The predicted octanol–water partition coefficient (Wildman–Crippen LogP) is 0.589. The van der Waals surface area contributed by atoms with Crippen molar-refractivity contribution in [1.29, 1.82) is 0 Å². The van der Waals surface area contributed by atoms with Gasteiger partial charge in [-0.05, 0) is 19.1 Å². The molecule has 0 bridgehead atoms. The Morgan fingerprint density at radius 1 is 1.37 bits per heavy atom. The molecular formula is C19H25N3O5. The smallest absolute Gasteiger partial charge is 0.258 e. The lowest BCUT2D eigenvalue weighted by molar-refractivity contribution is -0.135. The molecule has 0 unspecified atom stereocenters. The van der Waals surface area contributed by atoms with E-state index in [1.54, 1.807) is 19.2 Å². The number of benzene rings is 1. The highest BCUT2D eigenvalue weighted by molar-refractivity contribution is 5.98. The molecule has 2 aliphatic heterocycles. The third-order valence-electron chi connectivity index (χ3n) is 4.87. The summed E-state index contributed by atoms with van der Waals surface area (Å²) in [7, 11) is 1.56. The molecular weight excluding hydrogens is 350 g/mol. The van der Waals surface area contributed by atoms with Crippen molar-refractivity contribution in [3.05, 3.63) is 29.3 Å². The summed E-state index contributed by atoms with van der Waals surface area (Å²) in [6, 6.07) is 5.47. The van der Waals surface area contributed by atoms with Gasteiger partial charge in [0.2, 0.25) is 11.8 Å². The molecule has 2 heterocycles. The van der Waals surface area contributed by atoms with E-state index in [0.717, 1.165) is 5.56 Å². The van der Waals surface area contributed by atoms with E-state index in [1.165, 1.54) is 4.90 Å². The molecule has 8 heteroatoms. The van der Waals surface area contributed by atoms with Gasteiger partial charge in [0.25, 0.3) is 5.91 Å². The number of amides is 3. The van der Waals surface area contributed by atoms with Gasteiger partial charge in [0.1, 0.15) is 5.75 Å². The average molecular weight is 375 g/mol. The number of rotatable bonds is 5. The van der Waals surface area contributed by atoms with Crippen LogP contribution in [-0.4, -0.2) is 61.7 Å². The number of carbonyl (C=O) groups excluding carboxylic acids is 3. The van der Waals surface area contributed by atoms with Gasteiger partial charge in [-0.25, -0.2) is 0 Å². The molecule has 3 rings (SSSR count). The summed E-state index contributed by atoms with van der Waals surface area (Å²) in [4.78, 5) is 38.5. The number of aryl methyl sites for hydroxylation is 1. The maximum Gasteiger partial charge on any atom is 0.258 e. The van der Waals surface area contributed by atoms with Gasteiger partial charge >= 0.3 is 0 Å². The van der Waals surface area contributed by atoms with E-state index in [-0.39, 0.29) is 30.7 Å². The molecule has 0 aliphatic carbocycles. The Labute approximate surface area is 158 Å². The van der Waals surface area contributed by atoms with Crippen molar-refractivity contribution in [3.8, 4) is 5.75 Å². The largest absolute Gasteiger partial charge is 0.467 e. The van der Waals surface area contributed by atoms with Crippen LogP contribution in [0.1, 0.15) is 35.2 Å². The SMILES string of the molecule is COCCNC(=O)CN1CC[C@@]2(CCC1=O)NC(=O)c1cc(C)ccc1O2. The highest BCUT2D eigenvalue weighted by Gasteiger charge is 2.42. The number of nitrogens with one attached hydrogen (secondary N) is 2.